The largest absolute Gasteiger partial charge is 0.460 e. The molecule has 0 radical (unpaired) electrons. The van der Waals surface area contributed by atoms with Crippen molar-refractivity contribution in [3.63, 3.8) is 0 Å². The highest BCUT2D eigenvalue weighted by atomic mass is 16.6. The van der Waals surface area contributed by atoms with Crippen LogP contribution in [0.25, 0.3) is 0 Å². The number of Topliss-reactive ketones (excluding diaryl/α,β-unsaturated/α-hetero) is 4. The molecular weight excluding hydrogens is 995 g/mol. The Morgan fingerprint density at radius 3 is 2.29 bits per heavy atom. The van der Waals surface area contributed by atoms with E-state index in [1.165, 1.54) is 25.9 Å². The van der Waals surface area contributed by atoms with Gasteiger partial charge in [0.05, 0.1) is 44.1 Å². The van der Waals surface area contributed by atoms with Crippen LogP contribution in [0.15, 0.2) is 47.3 Å². The fourth-order valence-electron chi connectivity index (χ4n) is 12.2. The number of ketones is 4. The maximum absolute atomic E-state index is 14.7. The number of fused-ring (bicyclic) bond motifs is 3. The van der Waals surface area contributed by atoms with Gasteiger partial charge in [-0.25, -0.2) is 4.79 Å². The van der Waals surface area contributed by atoms with Crippen molar-refractivity contribution in [3.05, 3.63) is 47.3 Å². The normalized spacial score (nSPS) is 36.5. The van der Waals surface area contributed by atoms with E-state index in [0.29, 0.717) is 83.5 Å². The van der Waals surface area contributed by atoms with E-state index < -0.39 is 108 Å². The van der Waals surface area contributed by atoms with Crippen LogP contribution < -0.4 is 0 Å². The number of unbranched alkanes of at least 4 members (excludes halogenated alkanes) is 2. The second-order valence-electron chi connectivity index (χ2n) is 22.5. The summed E-state index contributed by atoms with van der Waals surface area (Å²) in [5, 5.41) is 33.6. The summed E-state index contributed by atoms with van der Waals surface area (Å²) in [4.78, 5) is 98.8. The highest BCUT2D eigenvalue weighted by Crippen LogP contribution is 2.46. The SMILES string of the molecule is CO[C@H]1C[C@@H]2CC[C@@H](C)[C@@](O)(O2)C(=O)C(=O)N2CCCC3[C@H]2C(=O)O[C@@H](CC(=O)C/C(OC(=O)CCCCCC(C)=O)=C(\C)[C@@H](O)[C@@H](OC)C(=O)[C@H](C)C[C@H](C)/C=C/C=C/C=C1C)[C@H]3C[C@@H]1CC[C@@H](OCCO)[C@H](OC)C1. The van der Waals surface area contributed by atoms with E-state index in [1.54, 1.807) is 28.1 Å². The van der Waals surface area contributed by atoms with Gasteiger partial charge in [-0.15, -0.1) is 0 Å². The first-order valence-corrected chi connectivity index (χ1v) is 28.1. The molecule has 6 bridgehead atoms. The number of aliphatic hydroxyl groups is 3. The molecular formula is C59H89NO17. The standard InChI is InChI=1S/C59H89NO17/c1-35-17-12-10-13-18-36(2)47(71-7)34-43-24-22-38(4)59(70,77-43)56(67)57(68)60-26-16-20-44-45(30-41-23-25-46(74-28-27-61)50(31-41)72-8)49(76-58(69)52(44)60)33-42(63)32-48(75-51(64)21-15-11-14-19-39(5)62)40(6)54(66)55(73-9)53(65)37(3)29-35/h10,12-13,17-18,35,37-38,41,43-47,49-50,52,54-55,61,66,70H,11,14-16,19-34H2,1-9H3/b13-10+,17-12+,36-18?,48-40-/t35-,37-,38-,41+,43+,44?,45+,46-,47+,49+,50-,52+,54-,55+,59-/m1/s1. The van der Waals surface area contributed by atoms with Crippen LogP contribution in [0.5, 0.6) is 0 Å². The lowest BCUT2D eigenvalue weighted by atomic mass is 9.68. The number of nitrogens with zero attached hydrogens (tertiary/aromatic N) is 1. The van der Waals surface area contributed by atoms with E-state index in [0.717, 1.165) is 5.57 Å². The lowest BCUT2D eigenvalue weighted by molar-refractivity contribution is -0.266. The van der Waals surface area contributed by atoms with E-state index >= 15 is 0 Å². The summed E-state index contributed by atoms with van der Waals surface area (Å²) in [6.07, 6.45) is 9.40. The number of methoxy groups -OCH3 is 3. The Bertz CT molecular complexity index is 2170. The summed E-state index contributed by atoms with van der Waals surface area (Å²) in [7, 11) is 4.46. The first-order chi connectivity index (χ1) is 36.7. The first-order valence-electron chi connectivity index (χ1n) is 28.1. The summed E-state index contributed by atoms with van der Waals surface area (Å²) in [5.41, 5.74) is 0.884. The van der Waals surface area contributed by atoms with Crippen LogP contribution in [0.1, 0.15) is 151 Å². The lowest BCUT2D eigenvalue weighted by Crippen LogP contribution is -2.65. The van der Waals surface area contributed by atoms with Gasteiger partial charge in [-0.1, -0.05) is 57.6 Å². The van der Waals surface area contributed by atoms with Crippen molar-refractivity contribution in [1.82, 2.24) is 4.90 Å². The zero-order valence-electron chi connectivity index (χ0n) is 47.1. The highest BCUT2D eigenvalue weighted by molar-refractivity contribution is 6.39. The van der Waals surface area contributed by atoms with Gasteiger partial charge >= 0.3 is 11.9 Å². The van der Waals surface area contributed by atoms with Crippen LogP contribution in [0, 0.1) is 35.5 Å². The molecule has 3 saturated heterocycles. The lowest BCUT2D eigenvalue weighted by Gasteiger charge is -2.50. The maximum atomic E-state index is 14.7. The molecule has 0 spiro atoms. The van der Waals surface area contributed by atoms with Crippen LogP contribution in [0.3, 0.4) is 0 Å². The van der Waals surface area contributed by atoms with Gasteiger partial charge in [0.1, 0.15) is 41.7 Å². The number of carbonyl (C=O) groups excluding carboxylic acids is 7. The fourth-order valence-corrected chi connectivity index (χ4v) is 12.2. The second kappa shape index (κ2) is 30.4. The minimum Gasteiger partial charge on any atom is -0.460 e. The quantitative estimate of drug-likeness (QED) is 0.0890. The summed E-state index contributed by atoms with van der Waals surface area (Å²) in [6.45, 7) is 10.3. The molecule has 5 rings (SSSR count). The maximum Gasteiger partial charge on any atom is 0.329 e. The third-order valence-electron chi connectivity index (χ3n) is 16.7. The minimum atomic E-state index is -2.49. The predicted molar refractivity (Wildman–Crippen MR) is 283 cm³/mol. The zero-order valence-corrected chi connectivity index (χ0v) is 47.1. The Morgan fingerprint density at radius 1 is 0.857 bits per heavy atom. The molecule has 1 unspecified atom stereocenters. The first kappa shape index (κ1) is 63.6. The van der Waals surface area contributed by atoms with Gasteiger partial charge in [0.15, 0.2) is 5.78 Å². The van der Waals surface area contributed by atoms with Crippen molar-refractivity contribution in [2.24, 2.45) is 35.5 Å². The van der Waals surface area contributed by atoms with Crippen molar-refractivity contribution in [2.45, 2.75) is 205 Å². The third-order valence-corrected chi connectivity index (χ3v) is 16.7. The topological polar surface area (TPSA) is 248 Å². The van der Waals surface area contributed by atoms with E-state index in [1.807, 2.05) is 44.2 Å². The number of carbonyl (C=O) groups is 7. The molecule has 4 heterocycles. The highest BCUT2D eigenvalue weighted by Gasteiger charge is 2.57. The summed E-state index contributed by atoms with van der Waals surface area (Å²) in [5.74, 6) is -9.77. The number of piperidine rings is 1. The van der Waals surface area contributed by atoms with Gasteiger partial charge < -0.3 is 58.2 Å². The molecule has 4 fully saturated rings. The Kier molecular flexibility index (Phi) is 25.1. The van der Waals surface area contributed by atoms with Crippen LogP contribution in [0.2, 0.25) is 0 Å². The molecule has 77 heavy (non-hydrogen) atoms. The van der Waals surface area contributed by atoms with Gasteiger partial charge in [0.25, 0.3) is 11.7 Å². The summed E-state index contributed by atoms with van der Waals surface area (Å²) >= 11 is 0. The Hall–Kier alpha value is -4.27. The molecule has 1 saturated carbocycles. The number of allylic oxidation sites excluding steroid dienone is 6. The van der Waals surface area contributed by atoms with Crippen LogP contribution >= 0.6 is 0 Å². The second-order valence-corrected chi connectivity index (χ2v) is 22.5. The molecule has 432 valence electrons. The molecule has 0 aromatic heterocycles. The van der Waals surface area contributed by atoms with Crippen molar-refractivity contribution in [3.8, 4) is 0 Å². The number of hydrogen-bond acceptors (Lipinski definition) is 17. The monoisotopic (exact) mass is 1080 g/mol. The van der Waals surface area contributed by atoms with Gasteiger partial charge in [-0.2, -0.15) is 0 Å². The molecule has 18 heteroatoms. The molecule has 1 amide bonds. The van der Waals surface area contributed by atoms with E-state index in [4.69, 9.17) is 33.2 Å². The molecule has 4 aliphatic heterocycles. The predicted octanol–water partition coefficient (Wildman–Crippen LogP) is 6.58. The third kappa shape index (κ3) is 17.1. The minimum absolute atomic E-state index is 0.0196. The van der Waals surface area contributed by atoms with E-state index in [9.17, 15) is 48.9 Å². The molecule has 5 aliphatic rings. The number of rotatable bonds is 15. The van der Waals surface area contributed by atoms with Gasteiger partial charge in [0, 0.05) is 71.3 Å². The number of esters is 2. The molecule has 0 aromatic carbocycles. The van der Waals surface area contributed by atoms with Gasteiger partial charge in [0.2, 0.25) is 5.79 Å². The molecule has 18 nitrogen and oxygen atoms in total. The van der Waals surface area contributed by atoms with Crippen LogP contribution in [-0.2, 0) is 66.7 Å². The molecule has 0 aromatic rings. The average molecular weight is 1080 g/mol. The van der Waals surface area contributed by atoms with E-state index in [-0.39, 0.29) is 80.2 Å². The average Bonchev–Trinajstić information content (AvgIpc) is 3.41. The van der Waals surface area contributed by atoms with Crippen molar-refractivity contribution in [1.29, 1.82) is 0 Å². The van der Waals surface area contributed by atoms with Crippen molar-refractivity contribution >= 4 is 41.0 Å². The smallest absolute Gasteiger partial charge is 0.329 e. The molecule has 3 N–H and O–H groups in total. The van der Waals surface area contributed by atoms with Gasteiger partial charge in [-0.05, 0) is 120 Å². The van der Waals surface area contributed by atoms with Crippen LogP contribution in [0.4, 0.5) is 0 Å². The Labute approximate surface area is 455 Å². The van der Waals surface area contributed by atoms with Crippen molar-refractivity contribution < 1.29 is 82.0 Å². The molecule has 1 aliphatic carbocycles. The Balaban J connectivity index is 1.55. The number of amides is 1. The number of ether oxygens (including phenoxy) is 7. The number of aliphatic hydroxyl groups excluding tert-OH is 2. The number of hydrogen-bond donors (Lipinski definition) is 3. The fraction of sp³-hybridized carbons (Fsp3) is 0.746. The van der Waals surface area contributed by atoms with E-state index in [2.05, 4.69) is 0 Å². The summed E-state index contributed by atoms with van der Waals surface area (Å²) in [6, 6.07) is -1.22. The van der Waals surface area contributed by atoms with Crippen molar-refractivity contribution in [2.75, 3.05) is 41.1 Å². The summed E-state index contributed by atoms with van der Waals surface area (Å²) < 4.78 is 41.7. The Morgan fingerprint density at radius 2 is 1.60 bits per heavy atom. The molecule has 15 atom stereocenters. The zero-order chi connectivity index (χ0) is 56.6. The van der Waals surface area contributed by atoms with Crippen LogP contribution in [-0.4, -0.2) is 157 Å². The van der Waals surface area contributed by atoms with Gasteiger partial charge in [-0.3, -0.25) is 24.0 Å².